The van der Waals surface area contributed by atoms with Crippen molar-refractivity contribution in [1.29, 1.82) is 0 Å². The molecule has 0 bridgehead atoms. The van der Waals surface area contributed by atoms with Gasteiger partial charge in [-0.1, -0.05) is 6.07 Å². The Morgan fingerprint density at radius 2 is 1.91 bits per heavy atom. The highest BCUT2D eigenvalue weighted by Crippen LogP contribution is 2.03. The predicted octanol–water partition coefficient (Wildman–Crippen LogP) is 3.34. The van der Waals surface area contributed by atoms with Crippen molar-refractivity contribution in [2.45, 2.75) is 6.92 Å². The van der Waals surface area contributed by atoms with Crippen molar-refractivity contribution in [2.75, 3.05) is 0 Å². The summed E-state index contributed by atoms with van der Waals surface area (Å²) in [6, 6.07) is 7.82. The number of aryl methyl sites for hydroxylation is 1. The predicted molar refractivity (Wildman–Crippen MR) is 47.8 cm³/mol. The van der Waals surface area contributed by atoms with Gasteiger partial charge in [0, 0.05) is 4.88 Å². The molecule has 0 unspecified atom stereocenters. The highest BCUT2D eigenvalue weighted by atomic mass is 32.1. The minimum atomic E-state index is 1.38. The normalized spacial score (nSPS) is 8.45. The molecule has 0 saturated heterocycles. The fourth-order valence-electron chi connectivity index (χ4n) is 0.587. The van der Waals surface area contributed by atoms with Crippen LogP contribution in [0.4, 0.5) is 0 Å². The van der Waals surface area contributed by atoms with E-state index in [1.807, 2.05) is 12.1 Å². The van der Waals surface area contributed by atoms with Crippen LogP contribution in [0.3, 0.4) is 0 Å². The van der Waals surface area contributed by atoms with Crippen molar-refractivity contribution < 1.29 is 4.42 Å². The van der Waals surface area contributed by atoms with Gasteiger partial charge in [-0.15, -0.1) is 11.3 Å². The second-order valence-electron chi connectivity index (χ2n) is 2.02. The van der Waals surface area contributed by atoms with Crippen LogP contribution in [0.15, 0.2) is 46.6 Å². The molecule has 0 amide bonds. The van der Waals surface area contributed by atoms with E-state index in [-0.39, 0.29) is 0 Å². The van der Waals surface area contributed by atoms with Crippen LogP contribution in [0.1, 0.15) is 4.88 Å². The smallest absolute Gasteiger partial charge is 0.0902 e. The fourth-order valence-corrected chi connectivity index (χ4v) is 1.12. The van der Waals surface area contributed by atoms with Gasteiger partial charge in [0.1, 0.15) is 0 Å². The van der Waals surface area contributed by atoms with Gasteiger partial charge in [0.2, 0.25) is 0 Å². The highest BCUT2D eigenvalue weighted by Gasteiger charge is 1.74. The summed E-state index contributed by atoms with van der Waals surface area (Å²) in [5.41, 5.74) is 0. The molecule has 0 aliphatic heterocycles. The first kappa shape index (κ1) is 8.08. The molecule has 0 aromatic carbocycles. The van der Waals surface area contributed by atoms with E-state index in [0.29, 0.717) is 0 Å². The van der Waals surface area contributed by atoms with Crippen LogP contribution >= 0.6 is 11.3 Å². The zero-order valence-corrected chi connectivity index (χ0v) is 7.17. The average molecular weight is 166 g/mol. The SMILES string of the molecule is Cc1cccs1.c1ccoc1. The van der Waals surface area contributed by atoms with Crippen LogP contribution in [-0.2, 0) is 0 Å². The number of hydrogen-bond acceptors (Lipinski definition) is 2. The van der Waals surface area contributed by atoms with Gasteiger partial charge >= 0.3 is 0 Å². The van der Waals surface area contributed by atoms with E-state index in [1.165, 1.54) is 4.88 Å². The second kappa shape index (κ2) is 4.74. The molecule has 0 spiro atoms. The summed E-state index contributed by atoms with van der Waals surface area (Å²) in [5, 5.41) is 2.08. The van der Waals surface area contributed by atoms with Gasteiger partial charge in [0.15, 0.2) is 0 Å². The quantitative estimate of drug-likeness (QED) is 0.585. The third-order valence-corrected chi connectivity index (χ3v) is 1.89. The Hall–Kier alpha value is -1.02. The number of hydrogen-bond donors (Lipinski definition) is 0. The van der Waals surface area contributed by atoms with Crippen LogP contribution < -0.4 is 0 Å². The zero-order chi connectivity index (χ0) is 7.94. The lowest BCUT2D eigenvalue weighted by molar-refractivity contribution is 0.567. The van der Waals surface area contributed by atoms with E-state index >= 15 is 0 Å². The minimum absolute atomic E-state index is 1.38. The summed E-state index contributed by atoms with van der Waals surface area (Å²) in [6.45, 7) is 2.10. The van der Waals surface area contributed by atoms with Crippen molar-refractivity contribution in [2.24, 2.45) is 0 Å². The molecule has 0 fully saturated rings. The molecule has 2 aromatic heterocycles. The zero-order valence-electron chi connectivity index (χ0n) is 6.36. The lowest BCUT2D eigenvalue weighted by atomic mass is 10.5. The summed E-state index contributed by atoms with van der Waals surface area (Å²) >= 11 is 1.78. The molecule has 0 atom stereocenters. The summed E-state index contributed by atoms with van der Waals surface area (Å²) in [4.78, 5) is 1.38. The van der Waals surface area contributed by atoms with Crippen molar-refractivity contribution in [3.8, 4) is 0 Å². The summed E-state index contributed by atoms with van der Waals surface area (Å²) in [5.74, 6) is 0. The lowest BCUT2D eigenvalue weighted by Gasteiger charge is -1.65. The number of thiophene rings is 1. The molecule has 2 aromatic rings. The van der Waals surface area contributed by atoms with Crippen LogP contribution in [0, 0.1) is 6.92 Å². The molecule has 0 saturated carbocycles. The van der Waals surface area contributed by atoms with Crippen LogP contribution in [0.2, 0.25) is 0 Å². The van der Waals surface area contributed by atoms with Crippen molar-refractivity contribution >= 4 is 11.3 Å². The molecule has 1 nitrogen and oxygen atoms in total. The third kappa shape index (κ3) is 3.63. The maximum atomic E-state index is 4.58. The third-order valence-electron chi connectivity index (χ3n) is 1.09. The van der Waals surface area contributed by atoms with Gasteiger partial charge in [0.05, 0.1) is 12.5 Å². The van der Waals surface area contributed by atoms with Crippen LogP contribution in [0.25, 0.3) is 0 Å². The van der Waals surface area contributed by atoms with Gasteiger partial charge in [-0.25, -0.2) is 0 Å². The molecular weight excluding hydrogens is 156 g/mol. The Kier molecular flexibility index (Phi) is 3.48. The molecule has 2 rings (SSSR count). The van der Waals surface area contributed by atoms with E-state index in [4.69, 9.17) is 0 Å². The fraction of sp³-hybridized carbons (Fsp3) is 0.111. The molecule has 0 radical (unpaired) electrons. The first-order valence-electron chi connectivity index (χ1n) is 3.37. The minimum Gasteiger partial charge on any atom is -0.473 e. The molecule has 0 aliphatic rings. The molecule has 0 aliphatic carbocycles. The van der Waals surface area contributed by atoms with E-state index in [0.717, 1.165) is 0 Å². The standard InChI is InChI=1S/C5H6S.C4H4O/c1-5-3-2-4-6-5;1-2-4-5-3-1/h2-4H,1H3;1-4H. The molecule has 2 heterocycles. The largest absolute Gasteiger partial charge is 0.473 e. The van der Waals surface area contributed by atoms with Gasteiger partial charge in [0.25, 0.3) is 0 Å². The van der Waals surface area contributed by atoms with Crippen LogP contribution in [-0.4, -0.2) is 0 Å². The first-order chi connectivity index (χ1) is 5.39. The molecule has 2 heteroatoms. The van der Waals surface area contributed by atoms with Crippen molar-refractivity contribution in [3.63, 3.8) is 0 Å². The highest BCUT2D eigenvalue weighted by molar-refractivity contribution is 7.09. The average Bonchev–Trinajstić information content (AvgIpc) is 2.57. The summed E-state index contributed by atoms with van der Waals surface area (Å²) in [6.07, 6.45) is 3.25. The first-order valence-corrected chi connectivity index (χ1v) is 4.25. The lowest BCUT2D eigenvalue weighted by Crippen LogP contribution is -1.42. The Morgan fingerprint density at radius 1 is 1.18 bits per heavy atom. The molecule has 58 valence electrons. The Bertz CT molecular complexity index is 228. The van der Waals surface area contributed by atoms with Crippen LogP contribution in [0.5, 0.6) is 0 Å². The van der Waals surface area contributed by atoms with Gasteiger partial charge in [-0.3, -0.25) is 0 Å². The monoisotopic (exact) mass is 166 g/mol. The van der Waals surface area contributed by atoms with E-state index in [9.17, 15) is 0 Å². The Balaban J connectivity index is 0.000000112. The van der Waals surface area contributed by atoms with Gasteiger partial charge in [-0.2, -0.15) is 0 Å². The molecule has 0 N–H and O–H groups in total. The van der Waals surface area contributed by atoms with E-state index in [2.05, 4.69) is 28.9 Å². The number of furan rings is 1. The van der Waals surface area contributed by atoms with E-state index < -0.39 is 0 Å². The Morgan fingerprint density at radius 3 is 2.09 bits per heavy atom. The van der Waals surface area contributed by atoms with Gasteiger partial charge in [-0.05, 0) is 30.5 Å². The summed E-state index contributed by atoms with van der Waals surface area (Å²) in [7, 11) is 0. The second-order valence-corrected chi connectivity index (χ2v) is 3.17. The topological polar surface area (TPSA) is 13.1 Å². The van der Waals surface area contributed by atoms with Gasteiger partial charge < -0.3 is 4.42 Å². The van der Waals surface area contributed by atoms with Crippen molar-refractivity contribution in [3.05, 3.63) is 47.0 Å². The van der Waals surface area contributed by atoms with Crippen molar-refractivity contribution in [1.82, 2.24) is 0 Å². The maximum absolute atomic E-state index is 4.58. The summed E-state index contributed by atoms with van der Waals surface area (Å²) < 4.78 is 4.58. The van der Waals surface area contributed by atoms with E-state index in [1.54, 1.807) is 23.9 Å². The molecule has 11 heavy (non-hydrogen) atoms. The maximum Gasteiger partial charge on any atom is 0.0902 e. The molecular formula is C9H10OS. The Labute approximate surface area is 70.3 Å². The number of rotatable bonds is 0.